The highest BCUT2D eigenvalue weighted by Gasteiger charge is 2.52. The Balaban J connectivity index is 1.04. The van der Waals surface area contributed by atoms with Crippen LogP contribution in [0, 0.1) is 0 Å². The van der Waals surface area contributed by atoms with Crippen LogP contribution in [0.3, 0.4) is 0 Å². The van der Waals surface area contributed by atoms with E-state index in [0.29, 0.717) is 0 Å². The molecule has 272 valence electrons. The number of nitrogens with zero attached hydrogens (tertiary/aromatic N) is 2. The highest BCUT2D eigenvalue weighted by atomic mass is 16.3. The zero-order valence-corrected chi connectivity index (χ0v) is 31.6. The summed E-state index contributed by atoms with van der Waals surface area (Å²) < 4.78 is 6.34. The molecule has 10 aromatic rings. The van der Waals surface area contributed by atoms with Crippen molar-refractivity contribution in [3.8, 4) is 22.3 Å². The molecule has 0 N–H and O–H groups in total. The number of rotatable bonds is 6. The molecule has 0 fully saturated rings. The summed E-state index contributed by atoms with van der Waals surface area (Å²) in [5.74, 6) is 0. The molecular weight excluding hydrogens is 705 g/mol. The molecule has 1 aromatic heterocycles. The standard InChI is InChI=1S/C55H36N2O/c1-4-16-39(17-5-1)55-46-24-11-12-25-48(46)57(41-20-8-3-9-21-41)50-27-14-23-44(54(50)55)43-35-32-38(36-47(43)55)37-30-33-42(34-31-37)56(40-18-6-2-7-19-40)49-26-15-29-52-53(49)45-22-10-13-28-51(45)58-52/h1-36H. The lowest BCUT2D eigenvalue weighted by Crippen LogP contribution is -2.35. The third-order valence-electron chi connectivity index (χ3n) is 12.2. The second-order valence-corrected chi connectivity index (χ2v) is 15.2. The van der Waals surface area contributed by atoms with E-state index in [-0.39, 0.29) is 0 Å². The number of furan rings is 1. The molecule has 58 heavy (non-hydrogen) atoms. The summed E-state index contributed by atoms with van der Waals surface area (Å²) in [5, 5.41) is 2.21. The van der Waals surface area contributed by atoms with Gasteiger partial charge in [-0.2, -0.15) is 0 Å². The van der Waals surface area contributed by atoms with Gasteiger partial charge in [0, 0.05) is 28.0 Å². The summed E-state index contributed by atoms with van der Waals surface area (Å²) in [5.41, 5.74) is 18.2. The van der Waals surface area contributed by atoms with Gasteiger partial charge >= 0.3 is 0 Å². The SMILES string of the molecule is c1ccc(N2c3ccccc3C3(c4ccccc4)c4cc(-c5ccc(N(c6ccccc6)c6cccc7oc8ccccc8c67)cc5)ccc4-c4cccc2c43)cc1. The molecule has 0 spiro atoms. The van der Waals surface area contributed by atoms with Crippen LogP contribution in [0.25, 0.3) is 44.2 Å². The topological polar surface area (TPSA) is 19.6 Å². The Morgan fingerprint density at radius 2 is 1.07 bits per heavy atom. The van der Waals surface area contributed by atoms with Gasteiger partial charge in [-0.05, 0) is 112 Å². The average Bonchev–Trinajstić information content (AvgIpc) is 3.83. The van der Waals surface area contributed by atoms with E-state index < -0.39 is 5.41 Å². The third-order valence-corrected chi connectivity index (χ3v) is 12.2. The van der Waals surface area contributed by atoms with Crippen LogP contribution in [0.2, 0.25) is 0 Å². The number of fused-ring (bicyclic) bond motifs is 8. The lowest BCUT2D eigenvalue weighted by Gasteiger charge is -2.44. The van der Waals surface area contributed by atoms with Gasteiger partial charge in [0.25, 0.3) is 0 Å². The van der Waals surface area contributed by atoms with Crippen LogP contribution >= 0.6 is 0 Å². The molecule has 0 radical (unpaired) electrons. The fraction of sp³-hybridized carbons (Fsp3) is 0.0182. The van der Waals surface area contributed by atoms with E-state index in [9.17, 15) is 0 Å². The molecule has 2 heterocycles. The highest BCUT2D eigenvalue weighted by Crippen LogP contribution is 2.65. The normalized spacial score (nSPS) is 14.9. The van der Waals surface area contributed by atoms with E-state index in [1.54, 1.807) is 0 Å². The van der Waals surface area contributed by atoms with E-state index in [0.717, 1.165) is 44.7 Å². The molecule has 12 rings (SSSR count). The molecule has 2 aliphatic rings. The molecule has 1 unspecified atom stereocenters. The van der Waals surface area contributed by atoms with Crippen molar-refractivity contribution in [3.63, 3.8) is 0 Å². The van der Waals surface area contributed by atoms with Crippen LogP contribution < -0.4 is 9.80 Å². The molecule has 3 nitrogen and oxygen atoms in total. The first kappa shape index (κ1) is 32.6. The largest absolute Gasteiger partial charge is 0.456 e. The monoisotopic (exact) mass is 740 g/mol. The summed E-state index contributed by atoms with van der Waals surface area (Å²) in [6.45, 7) is 0. The number of para-hydroxylation sites is 4. The molecule has 0 saturated carbocycles. The van der Waals surface area contributed by atoms with Crippen molar-refractivity contribution < 1.29 is 4.42 Å². The number of benzene rings is 9. The summed E-state index contributed by atoms with van der Waals surface area (Å²) in [4.78, 5) is 4.79. The van der Waals surface area contributed by atoms with Crippen molar-refractivity contribution in [1.82, 2.24) is 0 Å². The lowest BCUT2D eigenvalue weighted by molar-refractivity contribution is 0.669. The summed E-state index contributed by atoms with van der Waals surface area (Å²) in [7, 11) is 0. The summed E-state index contributed by atoms with van der Waals surface area (Å²) >= 11 is 0. The fourth-order valence-corrected chi connectivity index (χ4v) is 9.89. The van der Waals surface area contributed by atoms with E-state index in [2.05, 4.69) is 216 Å². The zero-order valence-electron chi connectivity index (χ0n) is 31.6. The van der Waals surface area contributed by atoms with E-state index in [4.69, 9.17) is 4.42 Å². The van der Waals surface area contributed by atoms with E-state index >= 15 is 0 Å². The first-order chi connectivity index (χ1) is 28.8. The van der Waals surface area contributed by atoms with E-state index in [1.165, 1.54) is 55.9 Å². The van der Waals surface area contributed by atoms with Gasteiger partial charge in [-0.15, -0.1) is 0 Å². The Bertz CT molecular complexity index is 3170. The fourth-order valence-electron chi connectivity index (χ4n) is 9.89. The van der Waals surface area contributed by atoms with Crippen molar-refractivity contribution in [2.24, 2.45) is 0 Å². The maximum Gasteiger partial charge on any atom is 0.137 e. The summed E-state index contributed by atoms with van der Waals surface area (Å²) in [6.07, 6.45) is 0. The minimum Gasteiger partial charge on any atom is -0.456 e. The minimum absolute atomic E-state index is 0.503. The van der Waals surface area contributed by atoms with Crippen LogP contribution in [0.15, 0.2) is 223 Å². The van der Waals surface area contributed by atoms with Gasteiger partial charge in [0.15, 0.2) is 0 Å². The van der Waals surface area contributed by atoms with Crippen LogP contribution in [0.4, 0.5) is 34.1 Å². The Morgan fingerprint density at radius 1 is 0.431 bits per heavy atom. The van der Waals surface area contributed by atoms with Crippen molar-refractivity contribution in [1.29, 1.82) is 0 Å². The molecule has 3 heteroatoms. The lowest BCUT2D eigenvalue weighted by atomic mass is 9.64. The number of anilines is 6. The van der Waals surface area contributed by atoms with Gasteiger partial charge in [-0.1, -0.05) is 146 Å². The number of hydrogen-bond donors (Lipinski definition) is 0. The van der Waals surface area contributed by atoms with Crippen LogP contribution in [0.5, 0.6) is 0 Å². The molecule has 1 atom stereocenters. The van der Waals surface area contributed by atoms with Crippen molar-refractivity contribution in [3.05, 3.63) is 241 Å². The van der Waals surface area contributed by atoms with Crippen molar-refractivity contribution >= 4 is 56.1 Å². The van der Waals surface area contributed by atoms with Gasteiger partial charge in [0.1, 0.15) is 11.2 Å². The van der Waals surface area contributed by atoms with Crippen molar-refractivity contribution in [2.45, 2.75) is 5.41 Å². The predicted molar refractivity (Wildman–Crippen MR) is 239 cm³/mol. The minimum atomic E-state index is -0.503. The van der Waals surface area contributed by atoms with Crippen LogP contribution in [0.1, 0.15) is 22.3 Å². The maximum absolute atomic E-state index is 6.34. The quantitative estimate of drug-likeness (QED) is 0.169. The Morgan fingerprint density at radius 3 is 1.90 bits per heavy atom. The van der Waals surface area contributed by atoms with E-state index in [1.807, 2.05) is 12.1 Å². The zero-order chi connectivity index (χ0) is 38.2. The predicted octanol–water partition coefficient (Wildman–Crippen LogP) is 14.9. The van der Waals surface area contributed by atoms with Gasteiger partial charge in [-0.3, -0.25) is 0 Å². The van der Waals surface area contributed by atoms with Gasteiger partial charge in [0.05, 0.1) is 27.9 Å². The maximum atomic E-state index is 6.34. The molecular formula is C55H36N2O. The highest BCUT2D eigenvalue weighted by molar-refractivity contribution is 6.13. The Labute approximate surface area is 337 Å². The summed E-state index contributed by atoms with van der Waals surface area (Å²) in [6, 6.07) is 79.2. The Kier molecular flexibility index (Phi) is 7.14. The van der Waals surface area contributed by atoms with Gasteiger partial charge in [0.2, 0.25) is 0 Å². The smallest absolute Gasteiger partial charge is 0.137 e. The second kappa shape index (κ2) is 12.7. The van der Waals surface area contributed by atoms with Gasteiger partial charge < -0.3 is 14.2 Å². The molecule has 0 amide bonds. The van der Waals surface area contributed by atoms with Crippen LogP contribution in [-0.4, -0.2) is 0 Å². The molecule has 1 aliphatic heterocycles. The first-order valence-electron chi connectivity index (χ1n) is 19.9. The third kappa shape index (κ3) is 4.62. The molecule has 9 aromatic carbocycles. The molecule has 1 aliphatic carbocycles. The first-order valence-corrected chi connectivity index (χ1v) is 19.9. The number of hydrogen-bond acceptors (Lipinski definition) is 3. The Hall–Kier alpha value is -7.62. The molecule has 0 bridgehead atoms. The second-order valence-electron chi connectivity index (χ2n) is 15.2. The van der Waals surface area contributed by atoms with Crippen LogP contribution in [-0.2, 0) is 5.41 Å². The van der Waals surface area contributed by atoms with Crippen molar-refractivity contribution in [2.75, 3.05) is 9.80 Å². The van der Waals surface area contributed by atoms with Gasteiger partial charge in [-0.25, -0.2) is 0 Å². The molecule has 0 saturated heterocycles. The average molecular weight is 741 g/mol.